The van der Waals surface area contributed by atoms with Gasteiger partial charge in [0.05, 0.1) is 10.7 Å². The van der Waals surface area contributed by atoms with Crippen LogP contribution in [0.5, 0.6) is 0 Å². The summed E-state index contributed by atoms with van der Waals surface area (Å²) in [6.07, 6.45) is 4.42. The molecule has 0 aliphatic rings. The van der Waals surface area contributed by atoms with Crippen molar-refractivity contribution < 1.29 is 0 Å². The zero-order chi connectivity index (χ0) is 11.4. The second-order valence-corrected chi connectivity index (χ2v) is 5.09. The van der Waals surface area contributed by atoms with Crippen molar-refractivity contribution >= 4 is 38.8 Å². The van der Waals surface area contributed by atoms with Gasteiger partial charge in [-0.3, -0.25) is 0 Å². The summed E-state index contributed by atoms with van der Waals surface area (Å²) in [5.74, 6) is 0.722. The van der Waals surface area contributed by atoms with Crippen LogP contribution in [0.2, 0.25) is 0 Å². The topological polar surface area (TPSA) is 63.8 Å². The Balaban J connectivity index is 1.90. The van der Waals surface area contributed by atoms with Crippen LogP contribution in [0.25, 0.3) is 0 Å². The van der Waals surface area contributed by atoms with Crippen molar-refractivity contribution in [2.24, 2.45) is 0 Å². The summed E-state index contributed by atoms with van der Waals surface area (Å²) in [5.41, 5.74) is 6.46. The molecular weight excluding hydrogens is 288 g/mol. The molecule has 0 aromatic carbocycles. The average Bonchev–Trinajstić information content (AvgIpc) is 2.74. The van der Waals surface area contributed by atoms with Crippen molar-refractivity contribution in [3.63, 3.8) is 0 Å². The maximum atomic E-state index is 5.81. The molecular formula is C10H11BrN4S. The first-order chi connectivity index (χ1) is 7.75. The van der Waals surface area contributed by atoms with Crippen LogP contribution in [0.15, 0.2) is 28.3 Å². The molecule has 3 N–H and O–H groups in total. The number of rotatable bonds is 4. The molecule has 2 aromatic heterocycles. The number of nitrogens with one attached hydrogen (secondary N) is 1. The maximum absolute atomic E-state index is 5.81. The van der Waals surface area contributed by atoms with Gasteiger partial charge in [-0.15, -0.1) is 11.3 Å². The van der Waals surface area contributed by atoms with E-state index in [0.29, 0.717) is 5.69 Å². The van der Waals surface area contributed by atoms with Crippen molar-refractivity contribution in [1.82, 2.24) is 9.97 Å². The van der Waals surface area contributed by atoms with Crippen LogP contribution in [0.4, 0.5) is 11.5 Å². The Morgan fingerprint density at radius 1 is 1.44 bits per heavy atom. The van der Waals surface area contributed by atoms with Crippen molar-refractivity contribution in [2.75, 3.05) is 17.6 Å². The highest BCUT2D eigenvalue weighted by Gasteiger charge is 2.01. The number of aromatic nitrogens is 2. The van der Waals surface area contributed by atoms with Gasteiger partial charge in [-0.05, 0) is 22.0 Å². The fourth-order valence-electron chi connectivity index (χ4n) is 1.27. The molecule has 2 aromatic rings. The molecule has 0 saturated carbocycles. The summed E-state index contributed by atoms with van der Waals surface area (Å²) in [4.78, 5) is 8.40. The van der Waals surface area contributed by atoms with Crippen LogP contribution < -0.4 is 11.1 Å². The van der Waals surface area contributed by atoms with Gasteiger partial charge in [0.25, 0.3) is 0 Å². The number of thiazole rings is 1. The molecule has 16 heavy (non-hydrogen) atoms. The van der Waals surface area contributed by atoms with Crippen molar-refractivity contribution in [3.05, 3.63) is 33.3 Å². The fraction of sp³-hybridized carbons (Fsp3) is 0.200. The van der Waals surface area contributed by atoms with E-state index < -0.39 is 0 Å². The first-order valence-corrected chi connectivity index (χ1v) is 6.46. The minimum atomic E-state index is 0.647. The standard InChI is InChI=1S/C10H11BrN4S/c11-7-5-8(12)10(15-6-7)14-2-1-9-13-3-4-16-9/h3-6H,1-2,12H2,(H,14,15). The Labute approximate surface area is 106 Å². The number of hydrogen-bond donors (Lipinski definition) is 2. The Kier molecular flexibility index (Phi) is 3.74. The van der Waals surface area contributed by atoms with E-state index in [0.717, 1.165) is 28.3 Å². The minimum absolute atomic E-state index is 0.647. The van der Waals surface area contributed by atoms with Gasteiger partial charge in [0.1, 0.15) is 5.82 Å². The molecule has 0 aliphatic heterocycles. The number of nitrogen functional groups attached to an aromatic ring is 1. The Hall–Kier alpha value is -1.14. The highest BCUT2D eigenvalue weighted by molar-refractivity contribution is 9.10. The lowest BCUT2D eigenvalue weighted by molar-refractivity contribution is 0.988. The second-order valence-electron chi connectivity index (χ2n) is 3.19. The molecule has 4 nitrogen and oxygen atoms in total. The van der Waals surface area contributed by atoms with Crippen LogP contribution in [0, 0.1) is 0 Å². The lowest BCUT2D eigenvalue weighted by Gasteiger charge is -2.07. The predicted octanol–water partition coefficient (Wildman–Crippen LogP) is 2.54. The van der Waals surface area contributed by atoms with Gasteiger partial charge in [-0.1, -0.05) is 0 Å². The Bertz CT molecular complexity index is 458. The van der Waals surface area contributed by atoms with Crippen LogP contribution in [-0.2, 0) is 6.42 Å². The molecule has 0 fully saturated rings. The number of hydrogen-bond acceptors (Lipinski definition) is 5. The van der Waals surface area contributed by atoms with Gasteiger partial charge in [-0.2, -0.15) is 0 Å². The normalized spacial score (nSPS) is 10.3. The molecule has 0 unspecified atom stereocenters. The van der Waals surface area contributed by atoms with Gasteiger partial charge in [0.15, 0.2) is 0 Å². The quantitative estimate of drug-likeness (QED) is 0.910. The molecule has 2 heterocycles. The summed E-state index contributed by atoms with van der Waals surface area (Å²) in [7, 11) is 0. The first-order valence-electron chi connectivity index (χ1n) is 4.79. The molecule has 0 saturated heterocycles. The van der Waals surface area contributed by atoms with E-state index in [2.05, 4.69) is 31.2 Å². The largest absolute Gasteiger partial charge is 0.396 e. The fourth-order valence-corrected chi connectivity index (χ4v) is 2.24. The van der Waals surface area contributed by atoms with Crippen LogP contribution >= 0.6 is 27.3 Å². The highest BCUT2D eigenvalue weighted by Crippen LogP contribution is 2.19. The number of nitrogens with zero attached hydrogens (tertiary/aromatic N) is 2. The summed E-state index contributed by atoms with van der Waals surface area (Å²) in [6.45, 7) is 0.784. The van der Waals surface area contributed by atoms with E-state index in [4.69, 9.17) is 5.73 Å². The number of anilines is 2. The SMILES string of the molecule is Nc1cc(Br)cnc1NCCc1nccs1. The third-order valence-electron chi connectivity index (χ3n) is 2.00. The van der Waals surface area contributed by atoms with Gasteiger partial charge in [-0.25, -0.2) is 9.97 Å². The summed E-state index contributed by atoms with van der Waals surface area (Å²) < 4.78 is 0.885. The maximum Gasteiger partial charge on any atom is 0.149 e. The minimum Gasteiger partial charge on any atom is -0.396 e. The molecule has 0 aliphatic carbocycles. The average molecular weight is 299 g/mol. The Morgan fingerprint density at radius 3 is 3.00 bits per heavy atom. The molecule has 84 valence electrons. The van der Waals surface area contributed by atoms with Gasteiger partial charge in [0.2, 0.25) is 0 Å². The van der Waals surface area contributed by atoms with Gasteiger partial charge >= 0.3 is 0 Å². The predicted molar refractivity (Wildman–Crippen MR) is 70.7 cm³/mol. The van der Waals surface area contributed by atoms with E-state index >= 15 is 0 Å². The monoisotopic (exact) mass is 298 g/mol. The smallest absolute Gasteiger partial charge is 0.149 e. The second kappa shape index (κ2) is 5.27. The third kappa shape index (κ3) is 2.93. The zero-order valence-corrected chi connectivity index (χ0v) is 10.9. The van der Waals surface area contributed by atoms with E-state index in [1.54, 1.807) is 17.5 Å². The first kappa shape index (κ1) is 11.3. The summed E-state index contributed by atoms with van der Waals surface area (Å²) in [6, 6.07) is 1.83. The number of nitrogens with two attached hydrogens (primary N) is 1. The third-order valence-corrected chi connectivity index (χ3v) is 3.27. The van der Waals surface area contributed by atoms with Crippen LogP contribution in [-0.4, -0.2) is 16.5 Å². The van der Waals surface area contributed by atoms with Crippen LogP contribution in [0.1, 0.15) is 5.01 Å². The lowest BCUT2D eigenvalue weighted by atomic mass is 10.3. The van der Waals surface area contributed by atoms with E-state index in [1.807, 2.05) is 17.6 Å². The Morgan fingerprint density at radius 2 is 2.31 bits per heavy atom. The van der Waals surface area contributed by atoms with E-state index in [1.165, 1.54) is 0 Å². The van der Waals surface area contributed by atoms with E-state index in [9.17, 15) is 0 Å². The van der Waals surface area contributed by atoms with Crippen molar-refractivity contribution in [1.29, 1.82) is 0 Å². The molecule has 6 heteroatoms. The van der Waals surface area contributed by atoms with Gasteiger partial charge in [0, 0.05) is 35.2 Å². The number of pyridine rings is 1. The van der Waals surface area contributed by atoms with E-state index in [-0.39, 0.29) is 0 Å². The van der Waals surface area contributed by atoms with Crippen molar-refractivity contribution in [2.45, 2.75) is 6.42 Å². The molecule has 0 bridgehead atoms. The molecule has 0 radical (unpaired) electrons. The van der Waals surface area contributed by atoms with Crippen LogP contribution in [0.3, 0.4) is 0 Å². The molecule has 0 spiro atoms. The number of halogens is 1. The molecule has 2 rings (SSSR count). The molecule has 0 atom stereocenters. The highest BCUT2D eigenvalue weighted by atomic mass is 79.9. The molecule has 0 amide bonds. The lowest BCUT2D eigenvalue weighted by Crippen LogP contribution is -2.08. The summed E-state index contributed by atoms with van der Waals surface area (Å²) in [5, 5.41) is 6.28. The zero-order valence-electron chi connectivity index (χ0n) is 8.48. The van der Waals surface area contributed by atoms with Gasteiger partial charge < -0.3 is 11.1 Å². The summed E-state index contributed by atoms with van der Waals surface area (Å²) >= 11 is 4.97. The van der Waals surface area contributed by atoms with Crippen molar-refractivity contribution in [3.8, 4) is 0 Å².